The van der Waals surface area contributed by atoms with Crippen molar-refractivity contribution in [3.63, 3.8) is 0 Å². The molecule has 0 aliphatic rings. The molecule has 0 spiro atoms. The Balaban J connectivity index is 1.95. The number of hydrogen-bond donors (Lipinski definition) is 1. The first kappa shape index (κ1) is 10.8. The first-order chi connectivity index (χ1) is 7.75. The predicted octanol–water partition coefficient (Wildman–Crippen LogP) is 1.78. The van der Waals surface area contributed by atoms with Gasteiger partial charge in [0.2, 0.25) is 0 Å². The molecule has 82 valence electrons. The zero-order valence-electron chi connectivity index (χ0n) is 8.80. The first-order valence-electron chi connectivity index (χ1n) is 4.86. The van der Waals surface area contributed by atoms with Crippen molar-refractivity contribution >= 4 is 17.4 Å². The number of aromatic nitrogens is 2. The van der Waals surface area contributed by atoms with Crippen molar-refractivity contribution in [2.45, 2.75) is 13.5 Å². The number of carbonyl (C=O) groups is 1. The molecule has 1 aromatic carbocycles. The summed E-state index contributed by atoms with van der Waals surface area (Å²) in [5.41, 5.74) is 2.58. The van der Waals surface area contributed by atoms with Crippen molar-refractivity contribution in [1.29, 1.82) is 0 Å². The highest BCUT2D eigenvalue weighted by molar-refractivity contribution is 7.03. The van der Waals surface area contributed by atoms with Crippen molar-refractivity contribution in [3.05, 3.63) is 46.5 Å². The van der Waals surface area contributed by atoms with Crippen LogP contribution >= 0.6 is 11.5 Å². The summed E-state index contributed by atoms with van der Waals surface area (Å²) >= 11 is 1.28. The third-order valence-electron chi connectivity index (χ3n) is 2.15. The Kier molecular flexibility index (Phi) is 3.26. The van der Waals surface area contributed by atoms with Gasteiger partial charge in [0.15, 0.2) is 0 Å². The molecule has 0 atom stereocenters. The van der Waals surface area contributed by atoms with E-state index in [0.29, 0.717) is 12.1 Å². The summed E-state index contributed by atoms with van der Waals surface area (Å²) in [4.78, 5) is 11.7. The van der Waals surface area contributed by atoms with Crippen molar-refractivity contribution < 1.29 is 4.79 Å². The highest BCUT2D eigenvalue weighted by Gasteiger charge is 2.05. The molecule has 2 aromatic rings. The highest BCUT2D eigenvalue weighted by Crippen LogP contribution is 2.03. The van der Waals surface area contributed by atoms with Crippen LogP contribution in [0.4, 0.5) is 0 Å². The molecule has 0 saturated heterocycles. The maximum atomic E-state index is 11.7. The second-order valence-corrected chi connectivity index (χ2v) is 4.05. The van der Waals surface area contributed by atoms with Crippen molar-refractivity contribution in [3.8, 4) is 0 Å². The number of aryl methyl sites for hydroxylation is 1. The minimum Gasteiger partial charge on any atom is -0.346 e. The molecule has 1 N–H and O–H groups in total. The lowest BCUT2D eigenvalue weighted by molar-refractivity contribution is 0.0950. The Bertz CT molecular complexity index is 464. The first-order valence-corrected chi connectivity index (χ1v) is 5.70. The topological polar surface area (TPSA) is 54.9 Å². The number of benzene rings is 1. The molecule has 0 saturated carbocycles. The molecular weight excluding hydrogens is 222 g/mol. The summed E-state index contributed by atoms with van der Waals surface area (Å²) < 4.78 is 3.72. The van der Waals surface area contributed by atoms with Crippen molar-refractivity contribution in [1.82, 2.24) is 14.9 Å². The van der Waals surface area contributed by atoms with Gasteiger partial charge < -0.3 is 5.32 Å². The quantitative estimate of drug-likeness (QED) is 0.879. The lowest BCUT2D eigenvalue weighted by atomic mass is 10.1. The smallest absolute Gasteiger partial charge is 0.251 e. The highest BCUT2D eigenvalue weighted by atomic mass is 32.1. The molecule has 0 fully saturated rings. The fraction of sp³-hybridized carbons (Fsp3) is 0.182. The SMILES string of the molecule is Cc1ccc(C(=O)NCc2csnn2)cc1. The van der Waals surface area contributed by atoms with E-state index in [-0.39, 0.29) is 5.91 Å². The van der Waals surface area contributed by atoms with Gasteiger partial charge in [-0.25, -0.2) is 0 Å². The number of rotatable bonds is 3. The van der Waals surface area contributed by atoms with E-state index in [1.165, 1.54) is 11.5 Å². The van der Waals surface area contributed by atoms with E-state index in [1.807, 2.05) is 36.6 Å². The molecule has 5 heteroatoms. The Morgan fingerprint density at radius 2 is 2.12 bits per heavy atom. The van der Waals surface area contributed by atoms with Gasteiger partial charge in [0.25, 0.3) is 5.91 Å². The Morgan fingerprint density at radius 3 is 2.75 bits per heavy atom. The summed E-state index contributed by atoms with van der Waals surface area (Å²) in [5.74, 6) is -0.0898. The van der Waals surface area contributed by atoms with Crippen LogP contribution in [-0.2, 0) is 6.54 Å². The van der Waals surface area contributed by atoms with Crippen molar-refractivity contribution in [2.24, 2.45) is 0 Å². The second kappa shape index (κ2) is 4.85. The van der Waals surface area contributed by atoms with Gasteiger partial charge in [0.05, 0.1) is 12.2 Å². The molecule has 0 aliphatic carbocycles. The maximum Gasteiger partial charge on any atom is 0.251 e. The summed E-state index contributed by atoms with van der Waals surface area (Å²) in [5, 5.41) is 8.45. The lowest BCUT2D eigenvalue weighted by Crippen LogP contribution is -2.22. The number of carbonyl (C=O) groups excluding carboxylic acids is 1. The fourth-order valence-electron chi connectivity index (χ4n) is 1.24. The van der Waals surface area contributed by atoms with E-state index in [1.54, 1.807) is 0 Å². The van der Waals surface area contributed by atoms with Crippen LogP contribution in [0.5, 0.6) is 0 Å². The van der Waals surface area contributed by atoms with Gasteiger partial charge in [-0.1, -0.05) is 22.2 Å². The largest absolute Gasteiger partial charge is 0.346 e. The molecule has 4 nitrogen and oxygen atoms in total. The second-order valence-electron chi connectivity index (χ2n) is 3.44. The standard InChI is InChI=1S/C11H11N3OS/c1-8-2-4-9(5-3-8)11(15)12-6-10-7-16-14-13-10/h2-5,7H,6H2,1H3,(H,12,15). The van der Waals surface area contributed by atoms with Crippen LogP contribution in [0.25, 0.3) is 0 Å². The van der Waals surface area contributed by atoms with Crippen molar-refractivity contribution in [2.75, 3.05) is 0 Å². The van der Waals surface area contributed by atoms with Gasteiger partial charge >= 0.3 is 0 Å². The number of nitrogens with zero attached hydrogens (tertiary/aromatic N) is 2. The number of nitrogens with one attached hydrogen (secondary N) is 1. The monoisotopic (exact) mass is 233 g/mol. The van der Waals surface area contributed by atoms with Gasteiger partial charge in [-0.15, -0.1) is 5.10 Å². The molecule has 16 heavy (non-hydrogen) atoms. The molecular formula is C11H11N3OS. The van der Waals surface area contributed by atoms with Crippen LogP contribution in [-0.4, -0.2) is 15.5 Å². The van der Waals surface area contributed by atoms with E-state index >= 15 is 0 Å². The average molecular weight is 233 g/mol. The molecule has 1 aromatic heterocycles. The van der Waals surface area contributed by atoms with Gasteiger partial charge in [-0.3, -0.25) is 4.79 Å². The molecule has 1 heterocycles. The fourth-order valence-corrected chi connectivity index (χ4v) is 1.69. The predicted molar refractivity (Wildman–Crippen MR) is 62.3 cm³/mol. The van der Waals surface area contributed by atoms with Gasteiger partial charge in [-0.2, -0.15) is 0 Å². The van der Waals surface area contributed by atoms with E-state index in [4.69, 9.17) is 0 Å². The molecule has 0 radical (unpaired) electrons. The lowest BCUT2D eigenvalue weighted by Gasteiger charge is -2.03. The maximum absolute atomic E-state index is 11.7. The van der Waals surface area contributed by atoms with Crippen LogP contribution in [0.3, 0.4) is 0 Å². The minimum absolute atomic E-state index is 0.0898. The summed E-state index contributed by atoms with van der Waals surface area (Å²) in [6, 6.07) is 7.45. The van der Waals surface area contributed by atoms with E-state index in [9.17, 15) is 4.79 Å². The number of amides is 1. The molecule has 0 unspecified atom stereocenters. The zero-order valence-corrected chi connectivity index (χ0v) is 9.62. The Morgan fingerprint density at radius 1 is 1.38 bits per heavy atom. The van der Waals surface area contributed by atoms with Crippen LogP contribution in [0.1, 0.15) is 21.6 Å². The summed E-state index contributed by atoms with van der Waals surface area (Å²) in [6.45, 7) is 2.41. The normalized spacial score (nSPS) is 10.1. The summed E-state index contributed by atoms with van der Waals surface area (Å²) in [6.07, 6.45) is 0. The van der Waals surface area contributed by atoms with E-state index < -0.39 is 0 Å². The molecule has 2 rings (SSSR count). The Hall–Kier alpha value is -1.75. The third-order valence-corrected chi connectivity index (χ3v) is 2.70. The van der Waals surface area contributed by atoms with Gasteiger partial charge in [0.1, 0.15) is 0 Å². The molecule has 0 bridgehead atoms. The molecule has 1 amide bonds. The van der Waals surface area contributed by atoms with Crippen LogP contribution in [0.15, 0.2) is 29.6 Å². The van der Waals surface area contributed by atoms with Crippen LogP contribution in [0.2, 0.25) is 0 Å². The van der Waals surface area contributed by atoms with Crippen LogP contribution < -0.4 is 5.32 Å². The van der Waals surface area contributed by atoms with Gasteiger partial charge in [-0.05, 0) is 30.6 Å². The van der Waals surface area contributed by atoms with E-state index in [0.717, 1.165) is 11.3 Å². The number of hydrogen-bond acceptors (Lipinski definition) is 4. The zero-order chi connectivity index (χ0) is 11.4. The summed E-state index contributed by atoms with van der Waals surface area (Å²) in [7, 11) is 0. The Labute approximate surface area is 97.5 Å². The average Bonchev–Trinajstić information content (AvgIpc) is 2.80. The molecule has 0 aliphatic heterocycles. The minimum atomic E-state index is -0.0898. The van der Waals surface area contributed by atoms with Crippen LogP contribution in [0, 0.1) is 6.92 Å². The van der Waals surface area contributed by atoms with E-state index in [2.05, 4.69) is 14.9 Å². The third kappa shape index (κ3) is 2.64. The van der Waals surface area contributed by atoms with Gasteiger partial charge in [0, 0.05) is 10.9 Å².